The molecular weight excluding hydrogens is 130 g/mol. The highest BCUT2D eigenvalue weighted by Crippen LogP contribution is 1.94. The van der Waals surface area contributed by atoms with Crippen LogP contribution in [0.3, 0.4) is 0 Å². The molecule has 3 nitrogen and oxygen atoms in total. The Balaban J connectivity index is 3.65. The van der Waals surface area contributed by atoms with Gasteiger partial charge in [-0.05, 0) is 13.3 Å². The first-order chi connectivity index (χ1) is 4.76. The molecule has 0 aliphatic carbocycles. The highest BCUT2D eigenvalue weighted by molar-refractivity contribution is 5.75. The van der Waals surface area contributed by atoms with Crippen molar-refractivity contribution in [2.75, 3.05) is 13.3 Å². The SMILES string of the molecule is CCCC(=O)N(CC)CO. The molecule has 1 amide bonds. The summed E-state index contributed by atoms with van der Waals surface area (Å²) in [6, 6.07) is 0. The lowest BCUT2D eigenvalue weighted by Gasteiger charge is -2.16. The molecule has 0 saturated heterocycles. The summed E-state index contributed by atoms with van der Waals surface area (Å²) in [5.41, 5.74) is 0. The minimum absolute atomic E-state index is 0.0347. The molecule has 10 heavy (non-hydrogen) atoms. The molecule has 1 N–H and O–H groups in total. The average molecular weight is 145 g/mol. The third-order valence-electron chi connectivity index (χ3n) is 1.37. The molecule has 0 saturated carbocycles. The summed E-state index contributed by atoms with van der Waals surface area (Å²) in [6.45, 7) is 4.23. The van der Waals surface area contributed by atoms with Gasteiger partial charge in [0.15, 0.2) is 0 Å². The van der Waals surface area contributed by atoms with E-state index in [0.717, 1.165) is 6.42 Å². The zero-order chi connectivity index (χ0) is 7.98. The fraction of sp³-hybridized carbons (Fsp3) is 0.857. The summed E-state index contributed by atoms with van der Waals surface area (Å²) in [5, 5.41) is 8.63. The Bertz CT molecular complexity index is 99.8. The number of rotatable bonds is 4. The molecule has 0 rings (SSSR count). The molecule has 3 heteroatoms. The van der Waals surface area contributed by atoms with Gasteiger partial charge in [0.2, 0.25) is 5.91 Å². The first-order valence-corrected chi connectivity index (χ1v) is 3.64. The van der Waals surface area contributed by atoms with Gasteiger partial charge in [-0.25, -0.2) is 0 Å². The lowest BCUT2D eigenvalue weighted by atomic mass is 10.3. The van der Waals surface area contributed by atoms with Gasteiger partial charge in [-0.3, -0.25) is 4.79 Å². The van der Waals surface area contributed by atoms with Crippen molar-refractivity contribution in [3.05, 3.63) is 0 Å². The van der Waals surface area contributed by atoms with E-state index >= 15 is 0 Å². The number of amides is 1. The van der Waals surface area contributed by atoms with E-state index in [1.165, 1.54) is 4.90 Å². The largest absolute Gasteiger partial charge is 0.376 e. The summed E-state index contributed by atoms with van der Waals surface area (Å²) in [4.78, 5) is 12.4. The van der Waals surface area contributed by atoms with E-state index in [9.17, 15) is 4.79 Å². The van der Waals surface area contributed by atoms with Crippen molar-refractivity contribution in [2.24, 2.45) is 0 Å². The molecule has 0 atom stereocenters. The fourth-order valence-electron chi connectivity index (χ4n) is 0.727. The molecule has 0 unspecified atom stereocenters. The number of aliphatic hydroxyl groups excluding tert-OH is 1. The van der Waals surface area contributed by atoms with Crippen LogP contribution in [0.4, 0.5) is 0 Å². The maximum atomic E-state index is 11.0. The van der Waals surface area contributed by atoms with Crippen molar-refractivity contribution < 1.29 is 9.90 Å². The van der Waals surface area contributed by atoms with Gasteiger partial charge < -0.3 is 10.0 Å². The van der Waals surface area contributed by atoms with Crippen molar-refractivity contribution in [2.45, 2.75) is 26.7 Å². The predicted octanol–water partition coefficient (Wildman–Crippen LogP) is 0.585. The van der Waals surface area contributed by atoms with E-state index in [4.69, 9.17) is 5.11 Å². The van der Waals surface area contributed by atoms with Crippen LogP contribution in [0.1, 0.15) is 26.7 Å². The zero-order valence-corrected chi connectivity index (χ0v) is 6.63. The Kier molecular flexibility index (Phi) is 4.94. The minimum atomic E-state index is -0.157. The Morgan fingerprint density at radius 1 is 1.50 bits per heavy atom. The fourth-order valence-corrected chi connectivity index (χ4v) is 0.727. The van der Waals surface area contributed by atoms with E-state index in [2.05, 4.69) is 0 Å². The molecule has 0 spiro atoms. The normalized spacial score (nSPS) is 9.50. The smallest absolute Gasteiger partial charge is 0.224 e. The van der Waals surface area contributed by atoms with Gasteiger partial charge in [-0.15, -0.1) is 0 Å². The first kappa shape index (κ1) is 9.43. The second kappa shape index (κ2) is 5.23. The van der Waals surface area contributed by atoms with Crippen LogP contribution < -0.4 is 0 Å². The Morgan fingerprint density at radius 3 is 2.40 bits per heavy atom. The predicted molar refractivity (Wildman–Crippen MR) is 39.4 cm³/mol. The van der Waals surface area contributed by atoms with E-state index < -0.39 is 0 Å². The van der Waals surface area contributed by atoms with E-state index in [1.807, 2.05) is 13.8 Å². The lowest BCUT2D eigenvalue weighted by Crippen LogP contribution is -2.31. The van der Waals surface area contributed by atoms with Crippen LogP contribution in [-0.4, -0.2) is 29.2 Å². The van der Waals surface area contributed by atoms with Crippen molar-refractivity contribution in [1.29, 1.82) is 0 Å². The topological polar surface area (TPSA) is 40.5 Å². The maximum absolute atomic E-state index is 11.0. The standard InChI is InChI=1S/C7H15NO2/c1-3-5-7(10)8(4-2)6-9/h9H,3-6H2,1-2H3. The van der Waals surface area contributed by atoms with Gasteiger partial charge in [0.1, 0.15) is 6.73 Å². The third-order valence-corrected chi connectivity index (χ3v) is 1.37. The molecule has 0 heterocycles. The van der Waals surface area contributed by atoms with Gasteiger partial charge in [0, 0.05) is 13.0 Å². The van der Waals surface area contributed by atoms with Crippen LogP contribution in [-0.2, 0) is 4.79 Å². The minimum Gasteiger partial charge on any atom is -0.376 e. The van der Waals surface area contributed by atoms with Gasteiger partial charge >= 0.3 is 0 Å². The van der Waals surface area contributed by atoms with Gasteiger partial charge in [0.05, 0.1) is 0 Å². The average Bonchev–Trinajstić information content (AvgIpc) is 1.91. The molecule has 0 aromatic carbocycles. The molecule has 0 aromatic heterocycles. The summed E-state index contributed by atoms with van der Waals surface area (Å²) in [6.07, 6.45) is 1.38. The monoisotopic (exact) mass is 145 g/mol. The van der Waals surface area contributed by atoms with Crippen LogP contribution in [0.25, 0.3) is 0 Å². The van der Waals surface area contributed by atoms with Crippen molar-refractivity contribution in [1.82, 2.24) is 4.90 Å². The number of carbonyl (C=O) groups is 1. The third kappa shape index (κ3) is 2.82. The van der Waals surface area contributed by atoms with E-state index in [0.29, 0.717) is 13.0 Å². The Hall–Kier alpha value is -0.570. The van der Waals surface area contributed by atoms with Crippen molar-refractivity contribution in [3.63, 3.8) is 0 Å². The van der Waals surface area contributed by atoms with Gasteiger partial charge in [-0.1, -0.05) is 6.92 Å². The molecule has 0 radical (unpaired) electrons. The molecule has 60 valence electrons. The lowest BCUT2D eigenvalue weighted by molar-refractivity contribution is -0.134. The van der Waals surface area contributed by atoms with E-state index in [-0.39, 0.29) is 12.6 Å². The molecular formula is C7H15NO2. The Morgan fingerprint density at radius 2 is 2.10 bits per heavy atom. The van der Waals surface area contributed by atoms with Crippen molar-refractivity contribution in [3.8, 4) is 0 Å². The van der Waals surface area contributed by atoms with Crippen LogP contribution in [0.2, 0.25) is 0 Å². The second-order valence-electron chi connectivity index (χ2n) is 2.14. The van der Waals surface area contributed by atoms with Crippen LogP contribution in [0, 0.1) is 0 Å². The first-order valence-electron chi connectivity index (χ1n) is 3.64. The molecule has 0 aliphatic heterocycles. The highest BCUT2D eigenvalue weighted by atomic mass is 16.3. The summed E-state index contributed by atoms with van der Waals surface area (Å²) < 4.78 is 0. The van der Waals surface area contributed by atoms with Gasteiger partial charge in [-0.2, -0.15) is 0 Å². The number of nitrogens with zero attached hydrogens (tertiary/aromatic N) is 1. The molecule has 0 aromatic rings. The van der Waals surface area contributed by atoms with Crippen LogP contribution in [0.15, 0.2) is 0 Å². The molecule has 0 aliphatic rings. The number of aliphatic hydroxyl groups is 1. The summed E-state index contributed by atoms with van der Waals surface area (Å²) in [7, 11) is 0. The Labute approximate surface area is 61.6 Å². The molecule has 0 fully saturated rings. The highest BCUT2D eigenvalue weighted by Gasteiger charge is 2.06. The number of hydrogen-bond acceptors (Lipinski definition) is 2. The number of hydrogen-bond donors (Lipinski definition) is 1. The quantitative estimate of drug-likeness (QED) is 0.588. The second-order valence-corrected chi connectivity index (χ2v) is 2.14. The zero-order valence-electron chi connectivity index (χ0n) is 6.63. The van der Waals surface area contributed by atoms with Crippen molar-refractivity contribution >= 4 is 5.91 Å². The molecule has 0 bridgehead atoms. The maximum Gasteiger partial charge on any atom is 0.224 e. The van der Waals surface area contributed by atoms with Crippen LogP contribution in [0.5, 0.6) is 0 Å². The van der Waals surface area contributed by atoms with Gasteiger partial charge in [0.25, 0.3) is 0 Å². The number of carbonyl (C=O) groups excluding carboxylic acids is 1. The summed E-state index contributed by atoms with van der Waals surface area (Å²) >= 11 is 0. The summed E-state index contributed by atoms with van der Waals surface area (Å²) in [5.74, 6) is 0.0347. The van der Waals surface area contributed by atoms with Crippen LogP contribution >= 0.6 is 0 Å². The van der Waals surface area contributed by atoms with E-state index in [1.54, 1.807) is 0 Å².